The van der Waals surface area contributed by atoms with Crippen molar-refractivity contribution in [3.63, 3.8) is 0 Å². The monoisotopic (exact) mass is 495 g/mol. The molecule has 0 aliphatic heterocycles. The van der Waals surface area contributed by atoms with E-state index in [4.69, 9.17) is 0 Å². The van der Waals surface area contributed by atoms with Crippen LogP contribution in [0.25, 0.3) is 0 Å². The number of hydrogen-bond donors (Lipinski definition) is 1. The second-order valence-corrected chi connectivity index (χ2v) is 11.3. The number of nitrogens with one attached hydrogen (secondary N) is 1. The fourth-order valence-electron chi connectivity index (χ4n) is 5.34. The highest BCUT2D eigenvalue weighted by Gasteiger charge is 2.42. The summed E-state index contributed by atoms with van der Waals surface area (Å²) in [6.07, 6.45) is 12.3. The van der Waals surface area contributed by atoms with Crippen molar-refractivity contribution in [1.29, 1.82) is 5.26 Å². The zero-order valence-corrected chi connectivity index (χ0v) is 24.0. The van der Waals surface area contributed by atoms with E-state index in [1.54, 1.807) is 0 Å². The Bertz CT molecular complexity index is 1190. The lowest BCUT2D eigenvalue weighted by Gasteiger charge is -2.22. The van der Waals surface area contributed by atoms with E-state index < -0.39 is 0 Å². The van der Waals surface area contributed by atoms with E-state index in [-0.39, 0.29) is 5.92 Å². The molecule has 0 aromatic carbocycles. The molecule has 2 saturated carbocycles. The normalized spacial score (nSPS) is 25.2. The standard InChI is InChI=1S/C34H45N3/c1-21(2)30(17-22(3)15-16-37-34-25(6)26(34)7)33(27(8)36-9)32(29-13-14-29)18-24(5)31-19-28(20-35)12-10-11-23(31)4/h10,12,18-19,24-26,29,34,37H,1,3,13-17H2,2,4-9H3/b32-18-,33-30+,36-27-. The summed E-state index contributed by atoms with van der Waals surface area (Å²) in [6, 6.07) is 2.95. The van der Waals surface area contributed by atoms with Gasteiger partial charge in [0, 0.05) is 30.3 Å². The van der Waals surface area contributed by atoms with Crippen LogP contribution in [0.1, 0.15) is 67.2 Å². The number of rotatable bonds is 12. The van der Waals surface area contributed by atoms with Gasteiger partial charge in [-0.25, -0.2) is 0 Å². The number of nitrogens with zero attached hydrogens (tertiary/aromatic N) is 2. The van der Waals surface area contributed by atoms with E-state index >= 15 is 0 Å². The van der Waals surface area contributed by atoms with Gasteiger partial charge < -0.3 is 5.32 Å². The number of hydrogen-bond acceptors (Lipinski definition) is 3. The minimum atomic E-state index is 0.146. The van der Waals surface area contributed by atoms with Crippen LogP contribution in [0.2, 0.25) is 0 Å². The number of allylic oxidation sites excluding steroid dienone is 10. The Balaban J connectivity index is 1.94. The van der Waals surface area contributed by atoms with E-state index in [2.05, 4.69) is 82.9 Å². The van der Waals surface area contributed by atoms with Crippen LogP contribution < -0.4 is 5.32 Å². The van der Waals surface area contributed by atoms with Gasteiger partial charge in [-0.2, -0.15) is 5.26 Å². The molecular weight excluding hydrogens is 450 g/mol. The summed E-state index contributed by atoms with van der Waals surface area (Å²) < 4.78 is 0. The smallest absolute Gasteiger partial charge is 0.0991 e. The lowest BCUT2D eigenvalue weighted by molar-refractivity contribution is 0.633. The molecule has 37 heavy (non-hydrogen) atoms. The van der Waals surface area contributed by atoms with Crippen molar-refractivity contribution in [3.8, 4) is 6.07 Å². The van der Waals surface area contributed by atoms with Crippen molar-refractivity contribution in [2.75, 3.05) is 13.6 Å². The molecule has 196 valence electrons. The highest BCUT2D eigenvalue weighted by Crippen LogP contribution is 2.44. The van der Waals surface area contributed by atoms with Crippen LogP contribution in [0.4, 0.5) is 0 Å². The first kappa shape index (κ1) is 28.6. The van der Waals surface area contributed by atoms with Crippen LogP contribution in [0.3, 0.4) is 0 Å². The van der Waals surface area contributed by atoms with Crippen LogP contribution in [0, 0.1) is 35.0 Å². The number of aliphatic imine (C=N–C) groups is 1. The third-order valence-electron chi connectivity index (χ3n) is 8.28. The SMILES string of the molecule is C=C(CCNC1C(C)C1C)C/C(C(=C)C)=C(C(=C/C(C)C1=CC(C#N)=CC=C=C1C)\C1CC1)/C(C)=N\C. The van der Waals surface area contributed by atoms with Crippen LogP contribution >= 0.6 is 0 Å². The van der Waals surface area contributed by atoms with E-state index in [1.165, 1.54) is 35.1 Å². The molecule has 3 heteroatoms. The van der Waals surface area contributed by atoms with Crippen molar-refractivity contribution < 1.29 is 0 Å². The molecule has 0 aromatic rings. The van der Waals surface area contributed by atoms with Crippen LogP contribution in [-0.2, 0) is 0 Å². The van der Waals surface area contributed by atoms with Crippen molar-refractivity contribution in [1.82, 2.24) is 5.32 Å². The zero-order valence-electron chi connectivity index (χ0n) is 24.0. The summed E-state index contributed by atoms with van der Waals surface area (Å²) in [5.74, 6) is 2.24. The second kappa shape index (κ2) is 12.6. The van der Waals surface area contributed by atoms with Crippen LogP contribution in [0.5, 0.6) is 0 Å². The summed E-state index contributed by atoms with van der Waals surface area (Å²) in [5.41, 5.74) is 13.4. The fourth-order valence-corrected chi connectivity index (χ4v) is 5.34. The Morgan fingerprint density at radius 3 is 2.49 bits per heavy atom. The van der Waals surface area contributed by atoms with Gasteiger partial charge in [0.25, 0.3) is 0 Å². The minimum absolute atomic E-state index is 0.146. The van der Waals surface area contributed by atoms with E-state index in [0.717, 1.165) is 53.7 Å². The highest BCUT2D eigenvalue weighted by molar-refractivity contribution is 6.03. The average molecular weight is 496 g/mol. The first-order chi connectivity index (χ1) is 17.6. The predicted molar refractivity (Wildman–Crippen MR) is 158 cm³/mol. The maximum Gasteiger partial charge on any atom is 0.0991 e. The molecule has 3 atom stereocenters. The molecule has 1 N–H and O–H groups in total. The molecule has 3 aliphatic carbocycles. The fraction of sp³-hybridized carbons (Fsp3) is 0.500. The van der Waals surface area contributed by atoms with Gasteiger partial charge in [-0.05, 0) is 111 Å². The van der Waals surface area contributed by atoms with Crippen LogP contribution in [-0.4, -0.2) is 25.3 Å². The summed E-state index contributed by atoms with van der Waals surface area (Å²) in [7, 11) is 1.88. The van der Waals surface area contributed by atoms with Crippen molar-refractivity contribution in [2.24, 2.45) is 28.7 Å². The van der Waals surface area contributed by atoms with Gasteiger partial charge in [-0.1, -0.05) is 51.2 Å². The van der Waals surface area contributed by atoms with Crippen molar-refractivity contribution in [2.45, 2.75) is 73.3 Å². The van der Waals surface area contributed by atoms with E-state index in [0.29, 0.717) is 17.5 Å². The molecule has 3 aliphatic rings. The van der Waals surface area contributed by atoms with E-state index in [9.17, 15) is 5.26 Å². The molecule has 3 rings (SSSR count). The van der Waals surface area contributed by atoms with Gasteiger partial charge in [-0.15, -0.1) is 5.73 Å². The molecular formula is C34H45N3. The summed E-state index contributed by atoms with van der Waals surface area (Å²) in [4.78, 5) is 4.66. The number of nitriles is 1. The van der Waals surface area contributed by atoms with Crippen LogP contribution in [0.15, 0.2) is 92.8 Å². The third-order valence-corrected chi connectivity index (χ3v) is 8.28. The van der Waals surface area contributed by atoms with Crippen molar-refractivity contribution >= 4 is 5.71 Å². The zero-order chi connectivity index (χ0) is 27.3. The topological polar surface area (TPSA) is 48.2 Å². The maximum absolute atomic E-state index is 9.53. The molecule has 0 aromatic heterocycles. The summed E-state index contributed by atoms with van der Waals surface area (Å²) >= 11 is 0. The quantitative estimate of drug-likeness (QED) is 0.129. The molecule has 3 unspecified atom stereocenters. The van der Waals surface area contributed by atoms with Crippen molar-refractivity contribution in [3.05, 3.63) is 87.8 Å². The van der Waals surface area contributed by atoms with Gasteiger partial charge in [0.15, 0.2) is 0 Å². The lowest BCUT2D eigenvalue weighted by atomic mass is 9.83. The molecule has 0 radical (unpaired) electrons. The largest absolute Gasteiger partial charge is 0.313 e. The predicted octanol–water partition coefficient (Wildman–Crippen LogP) is 7.99. The van der Waals surface area contributed by atoms with Gasteiger partial charge in [0.05, 0.1) is 11.6 Å². The Morgan fingerprint density at radius 1 is 1.27 bits per heavy atom. The Morgan fingerprint density at radius 2 is 1.95 bits per heavy atom. The Labute approximate surface area is 225 Å². The molecule has 2 fully saturated rings. The minimum Gasteiger partial charge on any atom is -0.313 e. The van der Waals surface area contributed by atoms with Gasteiger partial charge in [0.2, 0.25) is 0 Å². The lowest BCUT2D eigenvalue weighted by Crippen LogP contribution is -2.20. The molecule has 0 spiro atoms. The average Bonchev–Trinajstić information content (AvgIpc) is 3.79. The Hall–Kier alpha value is -2.92. The first-order valence-electron chi connectivity index (χ1n) is 13.8. The molecule has 3 nitrogen and oxygen atoms in total. The highest BCUT2D eigenvalue weighted by atomic mass is 15.0. The molecule has 0 bridgehead atoms. The molecule has 0 saturated heterocycles. The first-order valence-corrected chi connectivity index (χ1v) is 13.8. The Kier molecular flexibility index (Phi) is 9.72. The van der Waals surface area contributed by atoms with Gasteiger partial charge >= 0.3 is 0 Å². The third kappa shape index (κ3) is 7.32. The molecule has 0 heterocycles. The van der Waals surface area contributed by atoms with Gasteiger partial charge in [0.1, 0.15) is 0 Å². The van der Waals surface area contributed by atoms with E-state index in [1.807, 2.05) is 25.3 Å². The summed E-state index contributed by atoms with van der Waals surface area (Å²) in [5, 5.41) is 13.2. The summed E-state index contributed by atoms with van der Waals surface area (Å²) in [6.45, 7) is 23.0. The van der Waals surface area contributed by atoms with Gasteiger partial charge in [-0.3, -0.25) is 4.99 Å². The maximum atomic E-state index is 9.53. The molecule has 0 amide bonds. The second-order valence-electron chi connectivity index (χ2n) is 11.3.